The summed E-state index contributed by atoms with van der Waals surface area (Å²) in [5.41, 5.74) is 6.33. The first-order chi connectivity index (χ1) is 16.8. The fourth-order valence-electron chi connectivity index (χ4n) is 3.30. The van der Waals surface area contributed by atoms with Crippen molar-refractivity contribution in [3.63, 3.8) is 0 Å². The van der Waals surface area contributed by atoms with Gasteiger partial charge in [0.15, 0.2) is 11.5 Å². The quantitative estimate of drug-likeness (QED) is 0.279. The van der Waals surface area contributed by atoms with E-state index in [-0.39, 0.29) is 11.2 Å². The van der Waals surface area contributed by atoms with Crippen molar-refractivity contribution >= 4 is 28.9 Å². The van der Waals surface area contributed by atoms with Gasteiger partial charge in [-0.05, 0) is 43.4 Å². The number of fused-ring (bicyclic) bond motifs is 1. The Morgan fingerprint density at radius 1 is 1.14 bits per heavy atom. The first-order valence-electron chi connectivity index (χ1n) is 12.7. The van der Waals surface area contributed by atoms with Crippen LogP contribution in [0.5, 0.6) is 11.5 Å². The molecule has 2 unspecified atom stereocenters. The summed E-state index contributed by atoms with van der Waals surface area (Å²) in [5, 5.41) is 8.42. The minimum atomic E-state index is -0.931. The molecule has 0 amide bonds. The number of carbonyl (C=O) groups is 1. The van der Waals surface area contributed by atoms with Crippen molar-refractivity contribution in [1.82, 2.24) is 0 Å². The van der Waals surface area contributed by atoms with E-state index in [1.54, 1.807) is 13.8 Å². The van der Waals surface area contributed by atoms with Crippen LogP contribution >= 0.6 is 11.8 Å². The molecule has 3 N–H and O–H groups in total. The zero-order chi connectivity index (χ0) is 26.1. The van der Waals surface area contributed by atoms with Crippen LogP contribution in [0, 0.1) is 5.92 Å². The van der Waals surface area contributed by atoms with Gasteiger partial charge in [0.25, 0.3) is 0 Å². The van der Waals surface area contributed by atoms with E-state index in [0.29, 0.717) is 6.79 Å². The first kappa shape index (κ1) is 31.9. The van der Waals surface area contributed by atoms with Crippen molar-refractivity contribution in [2.75, 3.05) is 30.8 Å². The van der Waals surface area contributed by atoms with Crippen LogP contribution in [0.2, 0.25) is 0 Å². The van der Waals surface area contributed by atoms with E-state index in [4.69, 9.17) is 25.1 Å². The van der Waals surface area contributed by atoms with Gasteiger partial charge in [-0.2, -0.15) is 0 Å². The minimum absolute atomic E-state index is 0.0208. The van der Waals surface area contributed by atoms with E-state index in [2.05, 4.69) is 13.8 Å². The van der Waals surface area contributed by atoms with Gasteiger partial charge in [-0.1, -0.05) is 63.7 Å². The number of ether oxygens (including phenoxy) is 3. The smallest absolute Gasteiger partial charge is 0.320 e. The first-order valence-corrected chi connectivity index (χ1v) is 15.2. The molecule has 0 aromatic heterocycles. The van der Waals surface area contributed by atoms with Crippen molar-refractivity contribution in [1.29, 1.82) is 0 Å². The number of carboxylic acids is 1. The van der Waals surface area contributed by atoms with Crippen LogP contribution in [-0.2, 0) is 27.1 Å². The third-order valence-electron chi connectivity index (χ3n) is 5.65. The molecule has 202 valence electrons. The van der Waals surface area contributed by atoms with Crippen LogP contribution in [0.1, 0.15) is 71.8 Å². The SMILES string of the molecule is C1CSCO1.CC(C)[C@H](N)C(=O)O.CCCCCCCC[S+]([O-])C(C)Cc1ccc2c(c1)OCO2. The summed E-state index contributed by atoms with van der Waals surface area (Å²) < 4.78 is 27.9. The van der Waals surface area contributed by atoms with Crippen LogP contribution in [-0.4, -0.2) is 57.8 Å². The van der Waals surface area contributed by atoms with Crippen LogP contribution in [0.4, 0.5) is 0 Å². The van der Waals surface area contributed by atoms with Crippen molar-refractivity contribution in [3.8, 4) is 11.5 Å². The van der Waals surface area contributed by atoms with Gasteiger partial charge in [0.2, 0.25) is 6.79 Å². The van der Waals surface area contributed by atoms with Gasteiger partial charge >= 0.3 is 5.97 Å². The highest BCUT2D eigenvalue weighted by atomic mass is 32.2. The molecule has 7 nitrogen and oxygen atoms in total. The van der Waals surface area contributed by atoms with Gasteiger partial charge in [-0.3, -0.25) is 4.79 Å². The Morgan fingerprint density at radius 3 is 2.37 bits per heavy atom. The molecule has 3 atom stereocenters. The topological polar surface area (TPSA) is 114 Å². The maximum Gasteiger partial charge on any atom is 0.320 e. The van der Waals surface area contributed by atoms with Crippen LogP contribution in [0.3, 0.4) is 0 Å². The van der Waals surface area contributed by atoms with E-state index in [1.165, 1.54) is 43.4 Å². The highest BCUT2D eigenvalue weighted by Gasteiger charge is 2.19. The molecule has 2 aliphatic heterocycles. The molecule has 0 spiro atoms. The molecule has 2 aliphatic rings. The molecule has 0 saturated carbocycles. The van der Waals surface area contributed by atoms with E-state index in [0.717, 1.165) is 42.6 Å². The standard InChI is InChI=1S/C18H28O3S.C5H11NO2.C3H6OS/c1-3-4-5-6-7-8-11-22(19)15(2)12-16-9-10-17-18(13-16)21-14-20-17;1-3(2)4(6)5(7)8;1-2-5-3-4-1/h9-10,13,15H,3-8,11-12,14H2,1-2H3;3-4H,6H2,1-2H3,(H,7,8);1-3H2/t;4-;/m.0./s1. The number of unbranched alkanes of at least 4 members (excludes halogenated alkanes) is 5. The average Bonchev–Trinajstić information content (AvgIpc) is 3.56. The lowest BCUT2D eigenvalue weighted by Gasteiger charge is -2.18. The summed E-state index contributed by atoms with van der Waals surface area (Å²) in [6.45, 7) is 9.13. The van der Waals surface area contributed by atoms with Gasteiger partial charge in [-0.15, -0.1) is 11.8 Å². The average molecular weight is 532 g/mol. The Kier molecular flexibility index (Phi) is 17.4. The fourth-order valence-corrected chi connectivity index (χ4v) is 5.16. The summed E-state index contributed by atoms with van der Waals surface area (Å²) in [4.78, 5) is 10.0. The normalized spacial score (nSPS) is 16.5. The number of rotatable bonds is 12. The second-order valence-electron chi connectivity index (χ2n) is 9.10. The third-order valence-corrected chi connectivity index (χ3v) is 8.19. The fraction of sp³-hybridized carbons (Fsp3) is 0.731. The molecular weight excluding hydrogens is 486 g/mol. The molecule has 1 aromatic rings. The Bertz CT molecular complexity index is 695. The Balaban J connectivity index is 0.000000384. The van der Waals surface area contributed by atoms with Gasteiger partial charge in [-0.25, -0.2) is 0 Å². The second-order valence-corrected chi connectivity index (χ2v) is 12.1. The van der Waals surface area contributed by atoms with E-state index >= 15 is 0 Å². The molecule has 3 rings (SSSR count). The molecular formula is C26H45NO6S2. The zero-order valence-corrected chi connectivity index (χ0v) is 23.5. The molecule has 9 heteroatoms. The number of thioether (sulfide) groups is 1. The minimum Gasteiger partial charge on any atom is -0.616 e. The lowest BCUT2D eigenvalue weighted by molar-refractivity contribution is -0.139. The lowest BCUT2D eigenvalue weighted by atomic mass is 10.1. The number of carboxylic acid groups (broad SMARTS) is 1. The number of hydrogen-bond donors (Lipinski definition) is 2. The largest absolute Gasteiger partial charge is 0.616 e. The Morgan fingerprint density at radius 2 is 1.83 bits per heavy atom. The molecule has 1 saturated heterocycles. The zero-order valence-electron chi connectivity index (χ0n) is 21.8. The molecule has 35 heavy (non-hydrogen) atoms. The van der Waals surface area contributed by atoms with Crippen molar-refractivity contribution < 1.29 is 28.7 Å². The summed E-state index contributed by atoms with van der Waals surface area (Å²) in [7, 11) is 0. The molecule has 0 aliphatic carbocycles. The maximum atomic E-state index is 12.3. The van der Waals surface area contributed by atoms with Crippen LogP contribution in [0.25, 0.3) is 0 Å². The predicted octanol–water partition coefficient (Wildman–Crippen LogP) is 5.22. The summed E-state index contributed by atoms with van der Waals surface area (Å²) in [5.74, 6) is 3.65. The van der Waals surface area contributed by atoms with Crippen molar-refractivity contribution in [2.45, 2.75) is 83.9 Å². The molecule has 0 bridgehead atoms. The van der Waals surface area contributed by atoms with E-state index in [9.17, 15) is 9.35 Å². The molecule has 2 heterocycles. The molecule has 0 radical (unpaired) electrons. The van der Waals surface area contributed by atoms with Gasteiger partial charge in [0.05, 0.1) is 12.5 Å². The number of hydrogen-bond acceptors (Lipinski definition) is 7. The van der Waals surface area contributed by atoms with E-state index in [1.807, 2.05) is 30.0 Å². The van der Waals surface area contributed by atoms with Gasteiger partial charge < -0.3 is 29.6 Å². The van der Waals surface area contributed by atoms with Crippen LogP contribution < -0.4 is 15.2 Å². The number of benzene rings is 1. The van der Waals surface area contributed by atoms with Gasteiger partial charge in [0, 0.05) is 12.2 Å². The van der Waals surface area contributed by atoms with Crippen LogP contribution in [0.15, 0.2) is 18.2 Å². The summed E-state index contributed by atoms with van der Waals surface area (Å²) >= 11 is 1.11. The highest BCUT2D eigenvalue weighted by Crippen LogP contribution is 2.33. The van der Waals surface area contributed by atoms with Gasteiger partial charge in [0.1, 0.15) is 17.0 Å². The van der Waals surface area contributed by atoms with E-state index < -0.39 is 23.2 Å². The van der Waals surface area contributed by atoms with Crippen molar-refractivity contribution in [2.24, 2.45) is 11.7 Å². The Hall–Kier alpha value is -1.13. The monoisotopic (exact) mass is 531 g/mol. The lowest BCUT2D eigenvalue weighted by Crippen LogP contribution is -2.34. The molecule has 1 fully saturated rings. The number of nitrogens with two attached hydrogens (primary N) is 1. The Labute approximate surface area is 219 Å². The van der Waals surface area contributed by atoms with Crippen molar-refractivity contribution in [3.05, 3.63) is 23.8 Å². The second kappa shape index (κ2) is 19.0. The summed E-state index contributed by atoms with van der Waals surface area (Å²) in [6.07, 6.45) is 8.32. The maximum absolute atomic E-state index is 12.3. The predicted molar refractivity (Wildman–Crippen MR) is 146 cm³/mol. The summed E-state index contributed by atoms with van der Waals surface area (Å²) in [6, 6.07) is 5.29. The molecule has 1 aromatic carbocycles. The number of aliphatic carboxylic acids is 1. The third kappa shape index (κ3) is 14.3. The highest BCUT2D eigenvalue weighted by molar-refractivity contribution is 7.99.